The molecule has 2 heterocycles. The Morgan fingerprint density at radius 2 is 1.87 bits per heavy atom. The van der Waals surface area contributed by atoms with Crippen molar-refractivity contribution in [2.75, 3.05) is 26.1 Å². The lowest BCUT2D eigenvalue weighted by atomic mass is 10.1. The van der Waals surface area contributed by atoms with Gasteiger partial charge in [-0.1, -0.05) is 42.5 Å². The topological polar surface area (TPSA) is 163 Å². The normalized spacial score (nSPS) is 13.6. The fourth-order valence-electron chi connectivity index (χ4n) is 3.85. The number of nitrogens with zero attached hydrogens (tertiary/aromatic N) is 3. The fraction of sp³-hybridized carbons (Fsp3) is 0.308. The van der Waals surface area contributed by atoms with Crippen molar-refractivity contribution in [2.24, 2.45) is 0 Å². The second kappa shape index (κ2) is 12.2. The maximum Gasteiger partial charge on any atom is 0.328 e. The Morgan fingerprint density at radius 3 is 2.59 bits per heavy atom. The first-order valence-electron chi connectivity index (χ1n) is 12.2. The summed E-state index contributed by atoms with van der Waals surface area (Å²) < 4.78 is 31.7. The van der Waals surface area contributed by atoms with E-state index < -0.39 is 19.3 Å². The number of carbonyl (C=O) groups is 1. The van der Waals surface area contributed by atoms with E-state index in [9.17, 15) is 14.2 Å². The maximum absolute atomic E-state index is 13.9. The number of nitrogens with one attached hydrogen (secondary N) is 2. The summed E-state index contributed by atoms with van der Waals surface area (Å²) in [5.74, 6) is 0.347. The summed E-state index contributed by atoms with van der Waals surface area (Å²) in [6.07, 6.45) is 0.0166. The highest BCUT2D eigenvalue weighted by Crippen LogP contribution is 2.47. The standard InChI is InChI=1S/C26H31N6O6P/c1-17(18(2)33)31-39(35,38-21-10-5-4-6-11-21)16-20-9-7-8-19(14-20)15-32-24-22(28-26(32)34)23(27)29-25(30-24)37-13-12-36-3/h4-11,14,17H,12-13,15-16H2,1-3H3,(H,28,34)(H,31,35)(H2,27,29,30)/t17-,39?/m0/s1. The molecular formula is C26H31N6O6P. The van der Waals surface area contributed by atoms with Crippen LogP contribution in [0, 0.1) is 0 Å². The number of rotatable bonds is 13. The SMILES string of the molecule is COCCOc1nc(N)c2[nH]c(=O)n(Cc3cccc(CP(=O)(N[C@@H](C)C(C)=O)Oc4ccccc4)c3)c2n1. The lowest BCUT2D eigenvalue weighted by molar-refractivity contribution is -0.118. The predicted molar refractivity (Wildman–Crippen MR) is 147 cm³/mol. The molecule has 4 N–H and O–H groups in total. The van der Waals surface area contributed by atoms with Gasteiger partial charge in [0.1, 0.15) is 23.7 Å². The molecule has 0 spiro atoms. The number of anilines is 1. The van der Waals surface area contributed by atoms with E-state index in [4.69, 9.17) is 19.7 Å². The van der Waals surface area contributed by atoms with Crippen molar-refractivity contribution >= 4 is 30.3 Å². The molecule has 13 heteroatoms. The summed E-state index contributed by atoms with van der Waals surface area (Å²) in [5.41, 5.74) is 7.66. The first-order chi connectivity index (χ1) is 18.7. The van der Waals surface area contributed by atoms with Crippen LogP contribution >= 0.6 is 7.52 Å². The maximum atomic E-state index is 13.9. The van der Waals surface area contributed by atoms with Gasteiger partial charge in [-0.3, -0.25) is 13.9 Å². The summed E-state index contributed by atoms with van der Waals surface area (Å²) in [6.45, 7) is 3.78. The number of H-pyrrole nitrogens is 1. The summed E-state index contributed by atoms with van der Waals surface area (Å²) in [5, 5.41) is 2.89. The molecule has 1 unspecified atom stereocenters. The number of hydrogen-bond acceptors (Lipinski definition) is 9. The van der Waals surface area contributed by atoms with Gasteiger partial charge in [0.25, 0.3) is 0 Å². The Balaban J connectivity index is 1.61. The number of carbonyl (C=O) groups excluding carboxylic acids is 1. The van der Waals surface area contributed by atoms with E-state index in [1.807, 2.05) is 24.3 Å². The van der Waals surface area contributed by atoms with Gasteiger partial charge in [0.15, 0.2) is 11.5 Å². The van der Waals surface area contributed by atoms with E-state index in [1.54, 1.807) is 44.4 Å². The Kier molecular flexibility index (Phi) is 8.80. The number of imidazole rings is 1. The number of para-hydroxylation sites is 1. The quantitative estimate of drug-likeness (QED) is 0.165. The van der Waals surface area contributed by atoms with E-state index in [0.29, 0.717) is 29.1 Å². The molecule has 0 saturated heterocycles. The van der Waals surface area contributed by atoms with Gasteiger partial charge in [-0.25, -0.2) is 9.88 Å². The molecule has 2 aromatic carbocycles. The Hall–Kier alpha value is -3.99. The molecule has 0 saturated carbocycles. The highest BCUT2D eigenvalue weighted by atomic mass is 31.2. The third kappa shape index (κ3) is 7.11. The Labute approximate surface area is 225 Å². The zero-order chi connectivity index (χ0) is 28.0. The lowest BCUT2D eigenvalue weighted by Gasteiger charge is -2.23. The van der Waals surface area contributed by atoms with E-state index in [-0.39, 0.29) is 36.9 Å². The van der Waals surface area contributed by atoms with E-state index >= 15 is 0 Å². The van der Waals surface area contributed by atoms with Gasteiger partial charge in [-0.05, 0) is 37.1 Å². The Bertz CT molecular complexity index is 1550. The Morgan fingerprint density at radius 1 is 1.13 bits per heavy atom. The van der Waals surface area contributed by atoms with Gasteiger partial charge in [-0.15, -0.1) is 0 Å². The zero-order valence-corrected chi connectivity index (χ0v) is 22.8. The van der Waals surface area contributed by atoms with Gasteiger partial charge in [-0.2, -0.15) is 9.97 Å². The molecule has 4 rings (SSSR count). The van der Waals surface area contributed by atoms with Crippen molar-refractivity contribution in [3.63, 3.8) is 0 Å². The smallest absolute Gasteiger partial charge is 0.328 e. The average molecular weight is 555 g/mol. The van der Waals surface area contributed by atoms with Crippen LogP contribution in [0.15, 0.2) is 59.4 Å². The van der Waals surface area contributed by atoms with Gasteiger partial charge >= 0.3 is 19.2 Å². The van der Waals surface area contributed by atoms with Crippen LogP contribution in [0.4, 0.5) is 5.82 Å². The molecule has 0 fully saturated rings. The van der Waals surface area contributed by atoms with Crippen LogP contribution in [0.1, 0.15) is 25.0 Å². The van der Waals surface area contributed by atoms with Crippen LogP contribution in [0.25, 0.3) is 11.2 Å². The monoisotopic (exact) mass is 554 g/mol. The van der Waals surface area contributed by atoms with Gasteiger partial charge < -0.3 is 24.7 Å². The van der Waals surface area contributed by atoms with E-state index in [0.717, 1.165) is 5.56 Å². The molecule has 0 aliphatic heterocycles. The van der Waals surface area contributed by atoms with Crippen molar-refractivity contribution in [3.8, 4) is 11.8 Å². The second-order valence-electron chi connectivity index (χ2n) is 8.96. The first-order valence-corrected chi connectivity index (χ1v) is 14.1. The van der Waals surface area contributed by atoms with Crippen molar-refractivity contribution in [3.05, 3.63) is 76.2 Å². The number of methoxy groups -OCH3 is 1. The summed E-state index contributed by atoms with van der Waals surface area (Å²) in [4.78, 5) is 35.8. The number of aromatic amines is 1. The highest BCUT2D eigenvalue weighted by Gasteiger charge is 2.29. The molecule has 39 heavy (non-hydrogen) atoms. The highest BCUT2D eigenvalue weighted by molar-refractivity contribution is 7.56. The number of nitrogens with two attached hydrogens (primary N) is 1. The minimum Gasteiger partial charge on any atom is -0.461 e. The molecule has 4 aromatic rings. The number of ether oxygens (including phenoxy) is 2. The van der Waals surface area contributed by atoms with Crippen LogP contribution < -0.4 is 25.8 Å². The molecule has 2 aromatic heterocycles. The van der Waals surface area contributed by atoms with Crippen LogP contribution in [0.2, 0.25) is 0 Å². The molecule has 0 aliphatic rings. The van der Waals surface area contributed by atoms with Gasteiger partial charge in [0.2, 0.25) is 0 Å². The molecule has 0 bridgehead atoms. The van der Waals surface area contributed by atoms with Crippen molar-refractivity contribution in [2.45, 2.75) is 32.6 Å². The second-order valence-corrected chi connectivity index (χ2v) is 11.1. The minimum atomic E-state index is -3.55. The fourth-order valence-corrected chi connectivity index (χ4v) is 5.97. The minimum absolute atomic E-state index is 0.0166. The van der Waals surface area contributed by atoms with Crippen molar-refractivity contribution in [1.82, 2.24) is 24.6 Å². The van der Waals surface area contributed by atoms with E-state index in [2.05, 4.69) is 20.0 Å². The first kappa shape index (κ1) is 28.0. The number of hydrogen-bond donors (Lipinski definition) is 3. The molecule has 0 amide bonds. The van der Waals surface area contributed by atoms with Gasteiger partial charge in [0, 0.05) is 7.11 Å². The molecular weight excluding hydrogens is 523 g/mol. The third-order valence-electron chi connectivity index (χ3n) is 5.87. The van der Waals surface area contributed by atoms with Crippen LogP contribution in [0.3, 0.4) is 0 Å². The lowest BCUT2D eigenvalue weighted by Crippen LogP contribution is -2.32. The van der Waals surface area contributed by atoms with Crippen molar-refractivity contribution in [1.29, 1.82) is 0 Å². The number of aromatic nitrogens is 4. The average Bonchev–Trinajstić information content (AvgIpc) is 3.20. The summed E-state index contributed by atoms with van der Waals surface area (Å²) >= 11 is 0. The van der Waals surface area contributed by atoms with Gasteiger partial charge in [0.05, 0.1) is 25.4 Å². The molecule has 0 aliphatic carbocycles. The molecule has 206 valence electrons. The molecule has 2 atom stereocenters. The van der Waals surface area contributed by atoms with E-state index in [1.165, 1.54) is 11.5 Å². The number of fused-ring (bicyclic) bond motifs is 1. The third-order valence-corrected chi connectivity index (χ3v) is 7.94. The number of benzene rings is 2. The summed E-state index contributed by atoms with van der Waals surface area (Å²) in [6, 6.07) is 15.4. The van der Waals surface area contributed by atoms with Crippen LogP contribution in [-0.2, 0) is 26.8 Å². The number of Topliss-reactive ketones (excluding diaryl/α,β-unsaturated/α-hetero) is 1. The molecule has 12 nitrogen and oxygen atoms in total. The summed E-state index contributed by atoms with van der Waals surface area (Å²) in [7, 11) is -2.00. The largest absolute Gasteiger partial charge is 0.461 e. The zero-order valence-electron chi connectivity index (χ0n) is 21.9. The number of ketones is 1. The predicted octanol–water partition coefficient (Wildman–Crippen LogP) is 3.11. The van der Waals surface area contributed by atoms with Crippen LogP contribution in [0.5, 0.6) is 11.8 Å². The van der Waals surface area contributed by atoms with Crippen molar-refractivity contribution < 1.29 is 23.4 Å². The number of nitrogen functional groups attached to an aromatic ring is 1. The molecule has 0 radical (unpaired) electrons. The van der Waals surface area contributed by atoms with Crippen LogP contribution in [-0.4, -0.2) is 51.7 Å².